The summed E-state index contributed by atoms with van der Waals surface area (Å²) in [5, 5.41) is 7.72. The van der Waals surface area contributed by atoms with E-state index >= 15 is 0 Å². The highest BCUT2D eigenvalue weighted by Gasteiger charge is 2.47. The highest BCUT2D eigenvalue weighted by Crippen LogP contribution is 2.38. The third kappa shape index (κ3) is 4.60. The number of carbonyl (C=O) groups is 1. The van der Waals surface area contributed by atoms with Crippen LogP contribution in [0.4, 0.5) is 8.78 Å². The van der Waals surface area contributed by atoms with Gasteiger partial charge in [0.25, 0.3) is 6.43 Å². The molecule has 3 aliphatic rings. The molecule has 0 radical (unpaired) electrons. The zero-order chi connectivity index (χ0) is 26.3. The van der Waals surface area contributed by atoms with Crippen molar-refractivity contribution >= 4 is 5.91 Å². The molecule has 1 amide bonds. The number of hydrogen-bond acceptors (Lipinski definition) is 8. The molecule has 3 aliphatic heterocycles. The Morgan fingerprint density at radius 3 is 2.61 bits per heavy atom. The maximum absolute atomic E-state index is 12.8. The number of alkyl halides is 2. The summed E-state index contributed by atoms with van der Waals surface area (Å²) >= 11 is 0. The van der Waals surface area contributed by atoms with Crippen LogP contribution in [0.2, 0.25) is 0 Å². The minimum absolute atomic E-state index is 0.0944. The number of methoxy groups -OCH3 is 1. The summed E-state index contributed by atoms with van der Waals surface area (Å²) in [6.45, 7) is 4.25. The number of carbonyl (C=O) groups excluding carboxylic acids is 1. The Morgan fingerprint density at radius 2 is 1.92 bits per heavy atom. The summed E-state index contributed by atoms with van der Waals surface area (Å²) in [4.78, 5) is 16.8. The molecule has 3 saturated heterocycles. The van der Waals surface area contributed by atoms with Gasteiger partial charge in [0.15, 0.2) is 11.5 Å². The van der Waals surface area contributed by atoms with Crippen molar-refractivity contribution in [1.29, 1.82) is 0 Å². The average Bonchev–Trinajstić information content (AvgIpc) is 3.54. The molecule has 9 nitrogen and oxygen atoms in total. The summed E-state index contributed by atoms with van der Waals surface area (Å²) in [6.07, 6.45) is -0.385. The van der Waals surface area contributed by atoms with Crippen LogP contribution >= 0.6 is 0 Å². The van der Waals surface area contributed by atoms with E-state index in [2.05, 4.69) is 21.2 Å². The monoisotopic (exact) mass is 526 g/mol. The molecule has 1 aromatic heterocycles. The van der Waals surface area contributed by atoms with E-state index in [9.17, 15) is 13.6 Å². The Balaban J connectivity index is 1.04. The van der Waals surface area contributed by atoms with Crippen molar-refractivity contribution in [3.05, 3.63) is 59.5 Å². The molecule has 0 unspecified atom stereocenters. The number of benzene rings is 2. The predicted octanol–water partition coefficient (Wildman–Crippen LogP) is 3.95. The molecule has 0 N–H and O–H groups in total. The van der Waals surface area contributed by atoms with E-state index in [1.807, 2.05) is 12.1 Å². The Labute approximate surface area is 218 Å². The standard InChI is InChI=1S/C27H28F2N4O5/c1-35-22-11-17(12-33-10-2-9-27(33)15-36-16-27)3-8-21(22)37-20-13-32(14-20)26(34)25-31-30-24(38-25)19-6-4-18(5-7-19)23(28)29/h3-8,11,20,23H,2,9-10,12-16H2,1H3. The zero-order valence-corrected chi connectivity index (χ0v) is 20.9. The fraction of sp³-hybridized carbons (Fsp3) is 0.444. The van der Waals surface area contributed by atoms with Crippen molar-refractivity contribution < 1.29 is 32.2 Å². The second-order valence-corrected chi connectivity index (χ2v) is 10.0. The highest BCUT2D eigenvalue weighted by atomic mass is 19.3. The molecule has 0 aliphatic carbocycles. The predicted molar refractivity (Wildman–Crippen MR) is 131 cm³/mol. The molecule has 0 bridgehead atoms. The van der Waals surface area contributed by atoms with Gasteiger partial charge in [-0.05, 0) is 49.2 Å². The van der Waals surface area contributed by atoms with Crippen molar-refractivity contribution in [2.45, 2.75) is 37.5 Å². The van der Waals surface area contributed by atoms with E-state index < -0.39 is 12.3 Å². The largest absolute Gasteiger partial charge is 0.493 e. The second-order valence-electron chi connectivity index (χ2n) is 10.0. The van der Waals surface area contributed by atoms with E-state index in [1.54, 1.807) is 12.0 Å². The van der Waals surface area contributed by atoms with Gasteiger partial charge in [-0.15, -0.1) is 10.2 Å². The molecule has 3 aromatic rings. The first kappa shape index (κ1) is 24.7. The minimum atomic E-state index is -2.56. The van der Waals surface area contributed by atoms with Crippen molar-refractivity contribution in [3.8, 4) is 23.0 Å². The van der Waals surface area contributed by atoms with Crippen molar-refractivity contribution in [1.82, 2.24) is 20.0 Å². The van der Waals surface area contributed by atoms with Crippen LogP contribution in [0.15, 0.2) is 46.9 Å². The molecule has 2 aromatic carbocycles. The average molecular weight is 527 g/mol. The van der Waals surface area contributed by atoms with Gasteiger partial charge in [0, 0.05) is 17.7 Å². The lowest BCUT2D eigenvalue weighted by molar-refractivity contribution is -0.125. The van der Waals surface area contributed by atoms with Crippen LogP contribution in [-0.4, -0.2) is 77.5 Å². The lowest BCUT2D eigenvalue weighted by atomic mass is 9.94. The van der Waals surface area contributed by atoms with Gasteiger partial charge in [-0.25, -0.2) is 8.78 Å². The number of ether oxygens (including phenoxy) is 3. The van der Waals surface area contributed by atoms with Gasteiger partial charge < -0.3 is 23.5 Å². The van der Waals surface area contributed by atoms with Crippen LogP contribution in [0.1, 0.15) is 41.1 Å². The van der Waals surface area contributed by atoms with E-state index in [1.165, 1.54) is 37.1 Å². The van der Waals surface area contributed by atoms with Gasteiger partial charge in [-0.1, -0.05) is 18.2 Å². The van der Waals surface area contributed by atoms with Crippen LogP contribution < -0.4 is 9.47 Å². The van der Waals surface area contributed by atoms with Crippen LogP contribution in [0.5, 0.6) is 11.5 Å². The smallest absolute Gasteiger partial charge is 0.311 e. The first-order valence-corrected chi connectivity index (χ1v) is 12.6. The Morgan fingerprint density at radius 1 is 1.13 bits per heavy atom. The lowest BCUT2D eigenvalue weighted by Gasteiger charge is -2.45. The number of likely N-dealkylation sites (tertiary alicyclic amines) is 2. The van der Waals surface area contributed by atoms with Crippen molar-refractivity contribution in [2.24, 2.45) is 0 Å². The summed E-state index contributed by atoms with van der Waals surface area (Å²) < 4.78 is 48.2. The third-order valence-electron chi connectivity index (χ3n) is 7.53. The summed E-state index contributed by atoms with van der Waals surface area (Å²) in [5.74, 6) is 0.815. The van der Waals surface area contributed by atoms with Crippen molar-refractivity contribution in [2.75, 3.05) is 40.0 Å². The molecule has 11 heteroatoms. The van der Waals surface area contributed by atoms with Gasteiger partial charge in [0.1, 0.15) is 6.10 Å². The molecule has 38 heavy (non-hydrogen) atoms. The fourth-order valence-corrected chi connectivity index (χ4v) is 5.22. The van der Waals surface area contributed by atoms with Gasteiger partial charge in [0.05, 0.1) is 39.0 Å². The molecule has 0 atom stereocenters. The first-order valence-electron chi connectivity index (χ1n) is 12.6. The SMILES string of the molecule is COc1cc(CN2CCCC23COC3)ccc1OC1CN(C(=O)c2nnc(-c3ccc(C(F)F)cc3)o2)C1. The molecule has 1 spiro atoms. The number of aromatic nitrogens is 2. The minimum Gasteiger partial charge on any atom is -0.493 e. The van der Waals surface area contributed by atoms with Crippen LogP contribution in [0.25, 0.3) is 11.5 Å². The van der Waals surface area contributed by atoms with Gasteiger partial charge in [0.2, 0.25) is 5.89 Å². The molecule has 6 rings (SSSR count). The Bertz CT molecular complexity index is 1310. The maximum Gasteiger partial charge on any atom is 0.311 e. The normalized spacial score (nSPS) is 19.0. The van der Waals surface area contributed by atoms with Crippen LogP contribution in [-0.2, 0) is 11.3 Å². The number of rotatable bonds is 8. The molecule has 200 valence electrons. The summed E-state index contributed by atoms with van der Waals surface area (Å²) in [7, 11) is 1.62. The van der Waals surface area contributed by atoms with Crippen LogP contribution in [0, 0.1) is 0 Å². The van der Waals surface area contributed by atoms with Crippen molar-refractivity contribution in [3.63, 3.8) is 0 Å². The number of hydrogen-bond donors (Lipinski definition) is 0. The molecule has 4 heterocycles. The summed E-state index contributed by atoms with van der Waals surface area (Å²) in [6, 6.07) is 11.5. The Hall–Kier alpha value is -3.57. The Kier molecular flexibility index (Phi) is 6.48. The topological polar surface area (TPSA) is 90.2 Å². The van der Waals surface area contributed by atoms with E-state index in [0.717, 1.165) is 31.9 Å². The van der Waals surface area contributed by atoms with E-state index in [0.29, 0.717) is 30.2 Å². The number of nitrogens with zero attached hydrogens (tertiary/aromatic N) is 4. The zero-order valence-electron chi connectivity index (χ0n) is 20.9. The number of halogens is 2. The lowest BCUT2D eigenvalue weighted by Crippen LogP contribution is -2.58. The van der Waals surface area contributed by atoms with Gasteiger partial charge in [-0.3, -0.25) is 9.69 Å². The first-order chi connectivity index (χ1) is 18.4. The van der Waals surface area contributed by atoms with E-state index in [4.69, 9.17) is 18.6 Å². The quantitative estimate of drug-likeness (QED) is 0.436. The van der Waals surface area contributed by atoms with Gasteiger partial charge >= 0.3 is 11.8 Å². The number of amides is 1. The molecule has 3 fully saturated rings. The fourth-order valence-electron chi connectivity index (χ4n) is 5.22. The summed E-state index contributed by atoms with van der Waals surface area (Å²) in [5.41, 5.74) is 1.71. The van der Waals surface area contributed by atoms with E-state index in [-0.39, 0.29) is 29.0 Å². The molecular formula is C27H28F2N4O5. The van der Waals surface area contributed by atoms with Crippen LogP contribution in [0.3, 0.4) is 0 Å². The third-order valence-corrected chi connectivity index (χ3v) is 7.53. The van der Waals surface area contributed by atoms with Gasteiger partial charge in [-0.2, -0.15) is 0 Å². The molecule has 0 saturated carbocycles. The maximum atomic E-state index is 12.8. The molecular weight excluding hydrogens is 498 g/mol. The second kappa shape index (κ2) is 9.95. The highest BCUT2D eigenvalue weighted by molar-refractivity contribution is 5.90.